The van der Waals surface area contributed by atoms with E-state index in [-0.39, 0.29) is 5.75 Å². The molecule has 116 valence electrons. The van der Waals surface area contributed by atoms with E-state index in [1.165, 1.54) is 0 Å². The van der Waals surface area contributed by atoms with Crippen LogP contribution in [0.5, 0.6) is 5.75 Å². The van der Waals surface area contributed by atoms with E-state index >= 15 is 0 Å². The Balaban J connectivity index is 0.000000246. The van der Waals surface area contributed by atoms with Crippen molar-refractivity contribution in [2.24, 2.45) is 10.2 Å². The van der Waals surface area contributed by atoms with Gasteiger partial charge in [-0.15, -0.1) is 0 Å². The SMILES string of the molecule is C1CNCCN1.Oc1ccc(N=Nc2ccc(Cl)cc2)cc1. The molecule has 2 aromatic rings. The van der Waals surface area contributed by atoms with Gasteiger partial charge in [0.2, 0.25) is 0 Å². The molecule has 1 saturated heterocycles. The molecule has 0 aromatic heterocycles. The molecule has 0 unspecified atom stereocenters. The van der Waals surface area contributed by atoms with Gasteiger partial charge in [0.05, 0.1) is 11.4 Å². The van der Waals surface area contributed by atoms with Crippen LogP contribution in [-0.4, -0.2) is 31.3 Å². The molecule has 1 heterocycles. The maximum Gasteiger partial charge on any atom is 0.115 e. The first kappa shape index (κ1) is 16.4. The van der Waals surface area contributed by atoms with Crippen LogP contribution < -0.4 is 10.6 Å². The molecule has 6 heteroatoms. The van der Waals surface area contributed by atoms with Gasteiger partial charge in [0.1, 0.15) is 5.75 Å². The molecule has 3 rings (SSSR count). The van der Waals surface area contributed by atoms with Gasteiger partial charge in [0.25, 0.3) is 0 Å². The minimum Gasteiger partial charge on any atom is -0.508 e. The first-order chi connectivity index (χ1) is 10.7. The molecule has 0 radical (unpaired) electrons. The summed E-state index contributed by atoms with van der Waals surface area (Å²) in [6, 6.07) is 13.6. The summed E-state index contributed by atoms with van der Waals surface area (Å²) in [4.78, 5) is 0. The van der Waals surface area contributed by atoms with Crippen molar-refractivity contribution in [3.63, 3.8) is 0 Å². The lowest BCUT2D eigenvalue weighted by atomic mass is 10.3. The van der Waals surface area contributed by atoms with E-state index in [2.05, 4.69) is 20.9 Å². The van der Waals surface area contributed by atoms with Gasteiger partial charge < -0.3 is 15.7 Å². The lowest BCUT2D eigenvalue weighted by Gasteiger charge is -2.11. The van der Waals surface area contributed by atoms with Gasteiger partial charge >= 0.3 is 0 Å². The van der Waals surface area contributed by atoms with Crippen LogP contribution in [0.4, 0.5) is 11.4 Å². The fourth-order valence-electron chi connectivity index (χ4n) is 1.75. The summed E-state index contributed by atoms with van der Waals surface area (Å²) in [5.74, 6) is 0.213. The number of piperazine rings is 1. The Morgan fingerprint density at radius 1 is 0.727 bits per heavy atom. The van der Waals surface area contributed by atoms with Crippen LogP contribution in [0.25, 0.3) is 0 Å². The zero-order chi connectivity index (χ0) is 15.6. The molecule has 1 aliphatic rings. The van der Waals surface area contributed by atoms with Crippen LogP contribution in [0.15, 0.2) is 58.8 Å². The summed E-state index contributed by atoms with van der Waals surface area (Å²) in [7, 11) is 0. The van der Waals surface area contributed by atoms with E-state index in [9.17, 15) is 0 Å². The van der Waals surface area contributed by atoms with Crippen LogP contribution in [-0.2, 0) is 0 Å². The smallest absolute Gasteiger partial charge is 0.115 e. The second-order valence-electron chi connectivity index (χ2n) is 4.69. The molecule has 0 amide bonds. The van der Waals surface area contributed by atoms with E-state index in [1.807, 2.05) is 0 Å². The molecule has 0 spiro atoms. The third-order valence-corrected chi connectivity index (χ3v) is 3.17. The number of benzene rings is 2. The molecule has 0 atom stereocenters. The van der Waals surface area contributed by atoms with Crippen LogP contribution in [0, 0.1) is 0 Å². The first-order valence-electron chi connectivity index (χ1n) is 7.12. The second kappa shape index (κ2) is 9.15. The lowest BCUT2D eigenvalue weighted by Crippen LogP contribution is -2.39. The quantitative estimate of drug-likeness (QED) is 0.740. The summed E-state index contributed by atoms with van der Waals surface area (Å²) in [6.45, 7) is 4.56. The van der Waals surface area contributed by atoms with Crippen molar-refractivity contribution < 1.29 is 5.11 Å². The molecule has 5 nitrogen and oxygen atoms in total. The monoisotopic (exact) mass is 318 g/mol. The van der Waals surface area contributed by atoms with Crippen LogP contribution in [0.3, 0.4) is 0 Å². The Labute approximate surface area is 135 Å². The number of hydrogen-bond acceptors (Lipinski definition) is 5. The second-order valence-corrected chi connectivity index (χ2v) is 5.13. The summed E-state index contributed by atoms with van der Waals surface area (Å²) in [5, 5.41) is 24.2. The van der Waals surface area contributed by atoms with Crippen LogP contribution in [0.2, 0.25) is 5.02 Å². The van der Waals surface area contributed by atoms with Crippen molar-refractivity contribution in [3.8, 4) is 5.75 Å². The minimum atomic E-state index is 0.213. The van der Waals surface area contributed by atoms with E-state index < -0.39 is 0 Å². The van der Waals surface area contributed by atoms with Crippen molar-refractivity contribution in [1.29, 1.82) is 0 Å². The van der Waals surface area contributed by atoms with Gasteiger partial charge in [-0.2, -0.15) is 10.2 Å². The standard InChI is InChI=1S/C12H9ClN2O.C4H10N2/c13-9-1-3-10(4-2-9)14-15-11-5-7-12(16)8-6-11;1-2-6-4-3-5-1/h1-8,16H;5-6H,1-4H2. The van der Waals surface area contributed by atoms with Gasteiger partial charge in [-0.3, -0.25) is 0 Å². The van der Waals surface area contributed by atoms with Crippen molar-refractivity contribution in [2.75, 3.05) is 26.2 Å². The molecule has 0 aliphatic carbocycles. The number of phenolic OH excluding ortho intramolecular Hbond substituents is 1. The third-order valence-electron chi connectivity index (χ3n) is 2.91. The number of nitrogens with one attached hydrogen (secondary N) is 2. The Kier molecular flexibility index (Phi) is 6.83. The van der Waals surface area contributed by atoms with Crippen molar-refractivity contribution in [1.82, 2.24) is 10.6 Å². The normalized spacial score (nSPS) is 14.4. The molecule has 2 aromatic carbocycles. The summed E-state index contributed by atoms with van der Waals surface area (Å²) < 4.78 is 0. The molecular weight excluding hydrogens is 300 g/mol. The number of rotatable bonds is 2. The van der Waals surface area contributed by atoms with Crippen molar-refractivity contribution in [3.05, 3.63) is 53.6 Å². The Morgan fingerprint density at radius 3 is 1.55 bits per heavy atom. The van der Waals surface area contributed by atoms with E-state index in [4.69, 9.17) is 16.7 Å². The number of halogens is 1. The maximum atomic E-state index is 9.09. The molecule has 0 saturated carbocycles. The zero-order valence-electron chi connectivity index (χ0n) is 12.2. The Morgan fingerprint density at radius 2 is 1.14 bits per heavy atom. The van der Waals surface area contributed by atoms with E-state index in [0.29, 0.717) is 10.7 Å². The number of hydrogen-bond donors (Lipinski definition) is 3. The predicted octanol–water partition coefficient (Wildman–Crippen LogP) is 3.64. The summed E-state index contributed by atoms with van der Waals surface area (Å²) >= 11 is 5.75. The lowest BCUT2D eigenvalue weighted by molar-refractivity contribution is 0.475. The summed E-state index contributed by atoms with van der Waals surface area (Å²) in [5.41, 5.74) is 1.42. The van der Waals surface area contributed by atoms with Crippen LogP contribution in [0.1, 0.15) is 0 Å². The number of phenols is 1. The minimum absolute atomic E-state index is 0.213. The van der Waals surface area contributed by atoms with Gasteiger partial charge in [0.15, 0.2) is 0 Å². The van der Waals surface area contributed by atoms with Gasteiger partial charge in [-0.1, -0.05) is 11.6 Å². The molecule has 1 aliphatic heterocycles. The topological polar surface area (TPSA) is 69.0 Å². The zero-order valence-corrected chi connectivity index (χ0v) is 12.9. The highest BCUT2D eigenvalue weighted by Gasteiger charge is 1.92. The molecule has 3 N–H and O–H groups in total. The van der Waals surface area contributed by atoms with Crippen molar-refractivity contribution >= 4 is 23.0 Å². The highest BCUT2D eigenvalue weighted by Crippen LogP contribution is 2.21. The summed E-state index contributed by atoms with van der Waals surface area (Å²) in [6.07, 6.45) is 0. The Hall–Kier alpha value is -1.95. The number of aromatic hydroxyl groups is 1. The van der Waals surface area contributed by atoms with E-state index in [1.54, 1.807) is 48.5 Å². The largest absolute Gasteiger partial charge is 0.508 e. The number of nitrogens with zero attached hydrogens (tertiary/aromatic N) is 2. The highest BCUT2D eigenvalue weighted by molar-refractivity contribution is 6.30. The predicted molar refractivity (Wildman–Crippen MR) is 89.5 cm³/mol. The average molecular weight is 319 g/mol. The van der Waals surface area contributed by atoms with Gasteiger partial charge in [0, 0.05) is 31.2 Å². The van der Waals surface area contributed by atoms with E-state index in [0.717, 1.165) is 31.9 Å². The third kappa shape index (κ3) is 6.22. The first-order valence-corrected chi connectivity index (χ1v) is 7.49. The average Bonchev–Trinajstić information content (AvgIpc) is 2.58. The van der Waals surface area contributed by atoms with Gasteiger partial charge in [-0.25, -0.2) is 0 Å². The maximum absolute atomic E-state index is 9.09. The highest BCUT2D eigenvalue weighted by atomic mass is 35.5. The Bertz CT molecular complexity index is 521. The van der Waals surface area contributed by atoms with Gasteiger partial charge in [-0.05, 0) is 48.5 Å². The van der Waals surface area contributed by atoms with Crippen molar-refractivity contribution in [2.45, 2.75) is 0 Å². The molecule has 1 fully saturated rings. The fourth-order valence-corrected chi connectivity index (χ4v) is 1.87. The van der Waals surface area contributed by atoms with Crippen LogP contribution >= 0.6 is 11.6 Å². The molecule has 22 heavy (non-hydrogen) atoms. The number of azo groups is 1. The molecular formula is C16H19ClN4O. The fraction of sp³-hybridized carbons (Fsp3) is 0.250. The molecule has 0 bridgehead atoms.